The first-order chi connectivity index (χ1) is 6.80. The van der Waals surface area contributed by atoms with Gasteiger partial charge < -0.3 is 0 Å². The van der Waals surface area contributed by atoms with Gasteiger partial charge in [0.15, 0.2) is 9.84 Å². The molecule has 0 fully saturated rings. The Hall–Kier alpha value is -0.680. The average Bonchev–Trinajstić information content (AvgIpc) is 1.99. The first kappa shape index (κ1) is 12.4. The summed E-state index contributed by atoms with van der Waals surface area (Å²) >= 11 is 3.18. The number of sulfone groups is 1. The van der Waals surface area contributed by atoms with E-state index in [1.165, 1.54) is 13.0 Å². The van der Waals surface area contributed by atoms with Crippen LogP contribution in [0, 0.1) is 0 Å². The van der Waals surface area contributed by atoms with Gasteiger partial charge in [-0.05, 0) is 40.5 Å². The molecule has 1 rings (SSSR count). The lowest BCUT2D eigenvalue weighted by Crippen LogP contribution is -2.01. The Morgan fingerprint density at radius 2 is 2.00 bits per heavy atom. The van der Waals surface area contributed by atoms with Gasteiger partial charge in [0.25, 0.3) is 0 Å². The molecule has 0 unspecified atom stereocenters. The summed E-state index contributed by atoms with van der Waals surface area (Å²) in [6, 6.07) is 4.83. The van der Waals surface area contributed by atoms with Crippen LogP contribution < -0.4 is 0 Å². The van der Waals surface area contributed by atoms with Gasteiger partial charge in [0.2, 0.25) is 0 Å². The van der Waals surface area contributed by atoms with Crippen molar-refractivity contribution in [2.45, 2.75) is 18.2 Å². The van der Waals surface area contributed by atoms with Crippen LogP contribution in [-0.2, 0) is 21.1 Å². The van der Waals surface area contributed by atoms with Crippen molar-refractivity contribution >= 4 is 31.6 Å². The van der Waals surface area contributed by atoms with Crippen LogP contribution in [0.3, 0.4) is 0 Å². The number of Topliss-reactive ketones (excluding diaryl/α,β-unsaturated/α-hetero) is 1. The van der Waals surface area contributed by atoms with E-state index < -0.39 is 9.84 Å². The van der Waals surface area contributed by atoms with Crippen LogP contribution in [0.25, 0.3) is 0 Å². The third-order valence-electron chi connectivity index (χ3n) is 1.85. The molecule has 3 nitrogen and oxygen atoms in total. The molecule has 0 bridgehead atoms. The van der Waals surface area contributed by atoms with Gasteiger partial charge in [-0.1, -0.05) is 6.07 Å². The first-order valence-electron chi connectivity index (χ1n) is 4.28. The second-order valence-corrected chi connectivity index (χ2v) is 6.25. The van der Waals surface area contributed by atoms with Crippen molar-refractivity contribution in [1.29, 1.82) is 0 Å². The molecule has 0 aliphatic rings. The van der Waals surface area contributed by atoms with Crippen molar-refractivity contribution in [1.82, 2.24) is 0 Å². The number of rotatable bonds is 3. The number of carbonyl (C=O) groups is 1. The molecule has 1 aromatic rings. The topological polar surface area (TPSA) is 51.2 Å². The third kappa shape index (κ3) is 3.43. The van der Waals surface area contributed by atoms with E-state index in [9.17, 15) is 13.2 Å². The van der Waals surface area contributed by atoms with Gasteiger partial charge in [-0.15, -0.1) is 0 Å². The molecule has 0 aliphatic carbocycles. The van der Waals surface area contributed by atoms with Crippen LogP contribution in [-0.4, -0.2) is 20.5 Å². The highest BCUT2D eigenvalue weighted by molar-refractivity contribution is 9.10. The van der Waals surface area contributed by atoms with E-state index in [1.807, 2.05) is 0 Å². The fraction of sp³-hybridized carbons (Fsp3) is 0.300. The molecule has 1 aromatic carbocycles. The number of hydrogen-bond acceptors (Lipinski definition) is 3. The van der Waals surface area contributed by atoms with E-state index in [1.54, 1.807) is 12.1 Å². The van der Waals surface area contributed by atoms with Gasteiger partial charge in [0.1, 0.15) is 5.78 Å². The smallest absolute Gasteiger partial charge is 0.176 e. The molecule has 0 aromatic heterocycles. The molecule has 0 heterocycles. The van der Waals surface area contributed by atoms with Crippen LogP contribution in [0.15, 0.2) is 27.6 Å². The molecule has 0 saturated heterocycles. The summed E-state index contributed by atoms with van der Waals surface area (Å²) in [5, 5.41) is 0. The highest BCUT2D eigenvalue weighted by Gasteiger charge is 2.12. The fourth-order valence-electron chi connectivity index (χ4n) is 1.24. The summed E-state index contributed by atoms with van der Waals surface area (Å²) in [5.41, 5.74) is 0.807. The van der Waals surface area contributed by atoms with E-state index >= 15 is 0 Å². The largest absolute Gasteiger partial charge is 0.300 e. The number of hydrogen-bond donors (Lipinski definition) is 0. The van der Waals surface area contributed by atoms with Gasteiger partial charge in [0, 0.05) is 17.1 Å². The van der Waals surface area contributed by atoms with Crippen LogP contribution in [0.1, 0.15) is 12.5 Å². The second kappa shape index (κ2) is 4.45. The molecule has 5 heteroatoms. The van der Waals surface area contributed by atoms with E-state index in [2.05, 4.69) is 15.9 Å². The maximum Gasteiger partial charge on any atom is 0.176 e. The fourth-order valence-corrected chi connectivity index (χ4v) is 3.28. The molecule has 0 N–H and O–H groups in total. The normalized spacial score (nSPS) is 11.4. The monoisotopic (exact) mass is 290 g/mol. The zero-order valence-corrected chi connectivity index (χ0v) is 10.9. The Balaban J connectivity index is 3.15. The van der Waals surface area contributed by atoms with Crippen molar-refractivity contribution in [3.63, 3.8) is 0 Å². The predicted octanol–water partition coefficient (Wildman–Crippen LogP) is 1.98. The molecular formula is C10H11BrO3S. The van der Waals surface area contributed by atoms with Crippen molar-refractivity contribution < 1.29 is 13.2 Å². The minimum Gasteiger partial charge on any atom is -0.300 e. The molecule has 0 amide bonds. The Morgan fingerprint density at radius 3 is 2.40 bits per heavy atom. The van der Waals surface area contributed by atoms with Crippen LogP contribution in [0.2, 0.25) is 0 Å². The lowest BCUT2D eigenvalue weighted by Gasteiger charge is -2.04. The van der Waals surface area contributed by atoms with Crippen LogP contribution >= 0.6 is 15.9 Å². The first-order valence-corrected chi connectivity index (χ1v) is 6.97. The Labute approximate surface area is 97.5 Å². The minimum atomic E-state index is -3.21. The standard InChI is InChI=1S/C10H11BrO3S/c1-7(12)5-8-3-4-10(9(11)6-8)15(2,13)14/h3-4,6H,5H2,1-2H3. The minimum absolute atomic E-state index is 0.0500. The Kier molecular flexibility index (Phi) is 3.67. The molecule has 0 radical (unpaired) electrons. The average molecular weight is 291 g/mol. The van der Waals surface area contributed by atoms with E-state index in [0.717, 1.165) is 11.8 Å². The van der Waals surface area contributed by atoms with E-state index in [0.29, 0.717) is 10.9 Å². The van der Waals surface area contributed by atoms with Crippen molar-refractivity contribution in [2.24, 2.45) is 0 Å². The second-order valence-electron chi connectivity index (χ2n) is 3.42. The van der Waals surface area contributed by atoms with Crippen molar-refractivity contribution in [3.05, 3.63) is 28.2 Å². The SMILES string of the molecule is CC(=O)Cc1ccc(S(C)(=O)=O)c(Br)c1. The maximum absolute atomic E-state index is 11.3. The molecule has 15 heavy (non-hydrogen) atoms. The Morgan fingerprint density at radius 1 is 1.40 bits per heavy atom. The number of halogens is 1. The van der Waals surface area contributed by atoms with Gasteiger partial charge in [-0.25, -0.2) is 8.42 Å². The molecule has 0 aliphatic heterocycles. The summed E-state index contributed by atoms with van der Waals surface area (Å²) < 4.78 is 23.1. The van der Waals surface area contributed by atoms with E-state index in [4.69, 9.17) is 0 Å². The lowest BCUT2D eigenvalue weighted by molar-refractivity contribution is -0.116. The van der Waals surface area contributed by atoms with E-state index in [-0.39, 0.29) is 10.7 Å². The summed E-state index contributed by atoms with van der Waals surface area (Å²) in [7, 11) is -3.21. The molecule has 0 spiro atoms. The van der Waals surface area contributed by atoms with Gasteiger partial charge in [-0.2, -0.15) is 0 Å². The number of carbonyl (C=O) groups excluding carboxylic acids is 1. The highest BCUT2D eigenvalue weighted by atomic mass is 79.9. The summed E-state index contributed by atoms with van der Waals surface area (Å²) in [6.07, 6.45) is 1.47. The molecule has 0 atom stereocenters. The maximum atomic E-state index is 11.3. The molecule has 0 saturated carbocycles. The van der Waals surface area contributed by atoms with Crippen molar-refractivity contribution in [2.75, 3.05) is 6.26 Å². The van der Waals surface area contributed by atoms with Gasteiger partial charge in [0.05, 0.1) is 4.90 Å². The van der Waals surface area contributed by atoms with Crippen LogP contribution in [0.5, 0.6) is 0 Å². The summed E-state index contributed by atoms with van der Waals surface area (Å²) in [6.45, 7) is 1.50. The Bertz CT molecular complexity index is 491. The van der Waals surface area contributed by atoms with Gasteiger partial charge in [-0.3, -0.25) is 4.79 Å². The van der Waals surface area contributed by atoms with Gasteiger partial charge >= 0.3 is 0 Å². The third-order valence-corrected chi connectivity index (χ3v) is 3.92. The lowest BCUT2D eigenvalue weighted by atomic mass is 10.1. The highest BCUT2D eigenvalue weighted by Crippen LogP contribution is 2.23. The predicted molar refractivity (Wildman–Crippen MR) is 61.6 cm³/mol. The summed E-state index contributed by atoms with van der Waals surface area (Å²) in [4.78, 5) is 11.1. The number of ketones is 1. The van der Waals surface area contributed by atoms with Crippen LogP contribution in [0.4, 0.5) is 0 Å². The zero-order chi connectivity index (χ0) is 11.6. The van der Waals surface area contributed by atoms with Crippen molar-refractivity contribution in [3.8, 4) is 0 Å². The molecule has 82 valence electrons. The quantitative estimate of drug-likeness (QED) is 0.855. The summed E-state index contributed by atoms with van der Waals surface area (Å²) in [5.74, 6) is 0.0500. The zero-order valence-electron chi connectivity index (χ0n) is 8.45. The molecular weight excluding hydrogens is 280 g/mol. The number of benzene rings is 1.